The SMILES string of the molecule is CN(CC(=O)N1CCCN(CCC2CCOC2)CC1)c1ccccc1. The second kappa shape index (κ2) is 9.20. The van der Waals surface area contributed by atoms with Gasteiger partial charge in [-0.05, 0) is 50.4 Å². The van der Waals surface area contributed by atoms with Gasteiger partial charge in [-0.3, -0.25) is 4.79 Å². The van der Waals surface area contributed by atoms with Crippen LogP contribution in [0.25, 0.3) is 0 Å². The summed E-state index contributed by atoms with van der Waals surface area (Å²) >= 11 is 0. The molecule has 0 aromatic heterocycles. The fourth-order valence-corrected chi connectivity index (χ4v) is 3.70. The fourth-order valence-electron chi connectivity index (χ4n) is 3.70. The molecule has 25 heavy (non-hydrogen) atoms. The lowest BCUT2D eigenvalue weighted by Gasteiger charge is -2.26. The van der Waals surface area contributed by atoms with E-state index in [0.717, 1.165) is 64.0 Å². The third-order valence-electron chi connectivity index (χ3n) is 5.39. The summed E-state index contributed by atoms with van der Waals surface area (Å²) in [5, 5.41) is 0. The van der Waals surface area contributed by atoms with E-state index >= 15 is 0 Å². The minimum Gasteiger partial charge on any atom is -0.381 e. The number of rotatable bonds is 6. The Kier molecular flexibility index (Phi) is 6.70. The Morgan fingerprint density at radius 2 is 2.04 bits per heavy atom. The van der Waals surface area contributed by atoms with Gasteiger partial charge in [0.25, 0.3) is 0 Å². The molecule has 1 unspecified atom stereocenters. The summed E-state index contributed by atoms with van der Waals surface area (Å²) < 4.78 is 5.47. The first-order chi connectivity index (χ1) is 12.2. The van der Waals surface area contributed by atoms with Crippen molar-refractivity contribution in [1.82, 2.24) is 9.80 Å². The lowest BCUT2D eigenvalue weighted by atomic mass is 10.1. The molecule has 0 saturated carbocycles. The molecule has 0 spiro atoms. The van der Waals surface area contributed by atoms with Crippen LogP contribution in [0.3, 0.4) is 0 Å². The quantitative estimate of drug-likeness (QED) is 0.791. The smallest absolute Gasteiger partial charge is 0.242 e. The molecule has 2 heterocycles. The average molecular weight is 345 g/mol. The maximum absolute atomic E-state index is 12.7. The zero-order chi connectivity index (χ0) is 17.5. The summed E-state index contributed by atoms with van der Waals surface area (Å²) in [5.41, 5.74) is 1.09. The number of hydrogen-bond donors (Lipinski definition) is 0. The topological polar surface area (TPSA) is 36.0 Å². The van der Waals surface area contributed by atoms with Crippen molar-refractivity contribution in [3.05, 3.63) is 30.3 Å². The summed E-state index contributed by atoms with van der Waals surface area (Å²) in [5.74, 6) is 0.970. The lowest BCUT2D eigenvalue weighted by Crippen LogP contribution is -2.41. The minimum atomic E-state index is 0.234. The summed E-state index contributed by atoms with van der Waals surface area (Å²) in [6.45, 7) is 7.28. The highest BCUT2D eigenvalue weighted by Crippen LogP contribution is 2.17. The van der Waals surface area contributed by atoms with E-state index in [0.29, 0.717) is 6.54 Å². The van der Waals surface area contributed by atoms with Gasteiger partial charge in [-0.15, -0.1) is 0 Å². The van der Waals surface area contributed by atoms with E-state index in [2.05, 4.69) is 4.90 Å². The van der Waals surface area contributed by atoms with Crippen molar-refractivity contribution in [1.29, 1.82) is 0 Å². The summed E-state index contributed by atoms with van der Waals surface area (Å²) in [6.07, 6.45) is 3.51. The number of anilines is 1. The number of para-hydroxylation sites is 1. The van der Waals surface area contributed by atoms with Crippen LogP contribution in [0.1, 0.15) is 19.3 Å². The molecule has 5 heteroatoms. The van der Waals surface area contributed by atoms with Gasteiger partial charge in [0.1, 0.15) is 0 Å². The third-order valence-corrected chi connectivity index (χ3v) is 5.39. The minimum absolute atomic E-state index is 0.234. The van der Waals surface area contributed by atoms with Crippen molar-refractivity contribution in [3.8, 4) is 0 Å². The van der Waals surface area contributed by atoms with Gasteiger partial charge in [-0.1, -0.05) is 18.2 Å². The van der Waals surface area contributed by atoms with E-state index in [1.807, 2.05) is 47.2 Å². The van der Waals surface area contributed by atoms with Gasteiger partial charge in [-0.25, -0.2) is 0 Å². The zero-order valence-electron chi connectivity index (χ0n) is 15.4. The molecule has 0 aliphatic carbocycles. The molecule has 2 aliphatic heterocycles. The number of nitrogens with zero attached hydrogens (tertiary/aromatic N) is 3. The number of likely N-dealkylation sites (N-methyl/N-ethyl adjacent to an activating group) is 1. The van der Waals surface area contributed by atoms with E-state index in [4.69, 9.17) is 4.74 Å². The Hall–Kier alpha value is -1.59. The molecule has 0 bridgehead atoms. The molecule has 138 valence electrons. The predicted octanol–water partition coefficient (Wildman–Crippen LogP) is 2.08. The molecule has 1 aromatic rings. The van der Waals surface area contributed by atoms with E-state index in [1.54, 1.807) is 0 Å². The number of benzene rings is 1. The standard InChI is InChI=1S/C20H31N3O2/c1-21(19-6-3-2-4-7-19)16-20(24)23-11-5-10-22(13-14-23)12-8-18-9-15-25-17-18/h2-4,6-7,18H,5,8-17H2,1H3. The van der Waals surface area contributed by atoms with Crippen molar-refractivity contribution in [2.24, 2.45) is 5.92 Å². The Balaban J connectivity index is 1.43. The van der Waals surface area contributed by atoms with E-state index in [-0.39, 0.29) is 5.91 Å². The molecular weight excluding hydrogens is 314 g/mol. The molecule has 2 fully saturated rings. The Labute approximate surface area is 151 Å². The lowest BCUT2D eigenvalue weighted by molar-refractivity contribution is -0.129. The molecule has 1 aromatic carbocycles. The van der Waals surface area contributed by atoms with E-state index in [9.17, 15) is 4.79 Å². The summed E-state index contributed by atoms with van der Waals surface area (Å²) in [6, 6.07) is 10.1. The van der Waals surface area contributed by atoms with E-state index < -0.39 is 0 Å². The van der Waals surface area contributed by atoms with Gasteiger partial charge < -0.3 is 19.4 Å². The van der Waals surface area contributed by atoms with Crippen molar-refractivity contribution in [3.63, 3.8) is 0 Å². The monoisotopic (exact) mass is 345 g/mol. The number of carbonyl (C=O) groups is 1. The van der Waals surface area contributed by atoms with Crippen molar-refractivity contribution in [2.75, 3.05) is 64.4 Å². The molecule has 1 amide bonds. The molecule has 2 saturated heterocycles. The second-order valence-electron chi connectivity index (χ2n) is 7.29. The molecule has 2 aliphatic rings. The molecule has 5 nitrogen and oxygen atoms in total. The van der Waals surface area contributed by atoms with Gasteiger partial charge in [0.15, 0.2) is 0 Å². The van der Waals surface area contributed by atoms with Gasteiger partial charge >= 0.3 is 0 Å². The zero-order valence-corrected chi connectivity index (χ0v) is 15.4. The Bertz CT molecular complexity index is 531. The van der Waals surface area contributed by atoms with Gasteiger partial charge in [0, 0.05) is 45.6 Å². The summed E-state index contributed by atoms with van der Waals surface area (Å²) in [7, 11) is 1.99. The Morgan fingerprint density at radius 1 is 1.20 bits per heavy atom. The molecular formula is C20H31N3O2. The number of ether oxygens (including phenoxy) is 1. The largest absolute Gasteiger partial charge is 0.381 e. The number of carbonyl (C=O) groups excluding carboxylic acids is 1. The van der Waals surface area contributed by atoms with Gasteiger partial charge in [0.05, 0.1) is 6.54 Å². The molecule has 3 rings (SSSR count). The average Bonchev–Trinajstić information content (AvgIpc) is 3.04. The highest BCUT2D eigenvalue weighted by molar-refractivity contribution is 5.81. The fraction of sp³-hybridized carbons (Fsp3) is 0.650. The summed E-state index contributed by atoms with van der Waals surface area (Å²) in [4.78, 5) is 19.3. The van der Waals surface area contributed by atoms with Crippen molar-refractivity contribution >= 4 is 11.6 Å². The van der Waals surface area contributed by atoms with Crippen LogP contribution in [0, 0.1) is 5.92 Å². The second-order valence-corrected chi connectivity index (χ2v) is 7.29. The molecule has 0 radical (unpaired) electrons. The van der Waals surface area contributed by atoms with Crippen LogP contribution in [-0.2, 0) is 9.53 Å². The van der Waals surface area contributed by atoms with E-state index in [1.165, 1.54) is 12.8 Å². The maximum Gasteiger partial charge on any atom is 0.242 e. The maximum atomic E-state index is 12.7. The first-order valence-electron chi connectivity index (χ1n) is 9.56. The van der Waals surface area contributed by atoms with Crippen LogP contribution in [0.15, 0.2) is 30.3 Å². The van der Waals surface area contributed by atoms with Crippen LogP contribution < -0.4 is 4.90 Å². The number of hydrogen-bond acceptors (Lipinski definition) is 4. The van der Waals surface area contributed by atoms with Crippen LogP contribution in [0.5, 0.6) is 0 Å². The van der Waals surface area contributed by atoms with Crippen LogP contribution in [-0.4, -0.2) is 75.2 Å². The first-order valence-corrected chi connectivity index (χ1v) is 9.56. The third kappa shape index (κ3) is 5.44. The van der Waals surface area contributed by atoms with Gasteiger partial charge in [-0.2, -0.15) is 0 Å². The molecule has 1 atom stereocenters. The normalized spacial score (nSPS) is 22.0. The molecule has 0 N–H and O–H groups in total. The van der Waals surface area contributed by atoms with Crippen molar-refractivity contribution < 1.29 is 9.53 Å². The predicted molar refractivity (Wildman–Crippen MR) is 101 cm³/mol. The van der Waals surface area contributed by atoms with Gasteiger partial charge in [0.2, 0.25) is 5.91 Å². The van der Waals surface area contributed by atoms with Crippen molar-refractivity contribution in [2.45, 2.75) is 19.3 Å². The number of amides is 1. The van der Waals surface area contributed by atoms with Crippen LogP contribution >= 0.6 is 0 Å². The van der Waals surface area contributed by atoms with Crippen LogP contribution in [0.2, 0.25) is 0 Å². The highest BCUT2D eigenvalue weighted by atomic mass is 16.5. The Morgan fingerprint density at radius 3 is 2.80 bits per heavy atom. The highest BCUT2D eigenvalue weighted by Gasteiger charge is 2.22. The first kappa shape index (κ1) is 18.2. The van der Waals surface area contributed by atoms with Crippen LogP contribution in [0.4, 0.5) is 5.69 Å².